The van der Waals surface area contributed by atoms with Gasteiger partial charge < -0.3 is 15.7 Å². The second-order valence-corrected chi connectivity index (χ2v) is 5.15. The smallest absolute Gasteiger partial charge is 0.394 e. The number of benzene rings is 1. The highest BCUT2D eigenvalue weighted by atomic mass is 19.4. The van der Waals surface area contributed by atoms with E-state index in [1.165, 1.54) is 13.2 Å². The van der Waals surface area contributed by atoms with E-state index < -0.39 is 23.9 Å². The number of aliphatic hydroxyl groups is 1. The van der Waals surface area contributed by atoms with Gasteiger partial charge in [0.2, 0.25) is 0 Å². The number of nitrogens with zero attached hydrogens (tertiary/aromatic N) is 2. The fourth-order valence-electron chi connectivity index (χ4n) is 2.21. The molecule has 0 saturated heterocycles. The highest BCUT2D eigenvalue weighted by Crippen LogP contribution is 2.30. The summed E-state index contributed by atoms with van der Waals surface area (Å²) in [5, 5.41) is 17.6. The number of hydrogen-bond acceptors (Lipinski definition) is 3. The van der Waals surface area contributed by atoms with Gasteiger partial charge in [0.1, 0.15) is 0 Å². The van der Waals surface area contributed by atoms with E-state index in [4.69, 9.17) is 0 Å². The molecule has 1 aromatic heterocycles. The van der Waals surface area contributed by atoms with Crippen LogP contribution in [0.25, 0.3) is 0 Å². The maximum Gasteiger partial charge on any atom is 0.435 e. The largest absolute Gasteiger partial charge is 0.435 e. The predicted octanol–water partition coefficient (Wildman–Crippen LogP) is 1.97. The molecule has 1 heterocycles. The van der Waals surface area contributed by atoms with Gasteiger partial charge in [-0.3, -0.25) is 4.68 Å². The molecule has 9 heteroatoms. The van der Waals surface area contributed by atoms with Crippen LogP contribution in [0.1, 0.15) is 22.9 Å². The van der Waals surface area contributed by atoms with Crippen molar-refractivity contribution < 1.29 is 23.1 Å². The number of rotatable bonds is 5. The van der Waals surface area contributed by atoms with Crippen LogP contribution in [0.2, 0.25) is 0 Å². The van der Waals surface area contributed by atoms with Gasteiger partial charge in [-0.1, -0.05) is 30.3 Å². The van der Waals surface area contributed by atoms with Gasteiger partial charge in [0.15, 0.2) is 5.69 Å². The first-order valence-corrected chi connectivity index (χ1v) is 7.11. The van der Waals surface area contributed by atoms with Crippen molar-refractivity contribution in [1.82, 2.24) is 20.4 Å². The van der Waals surface area contributed by atoms with Crippen molar-refractivity contribution >= 4 is 6.03 Å². The molecule has 130 valence electrons. The molecule has 0 radical (unpaired) electrons. The van der Waals surface area contributed by atoms with Crippen LogP contribution in [0.3, 0.4) is 0 Å². The number of carbonyl (C=O) groups excluding carboxylic acids is 1. The summed E-state index contributed by atoms with van der Waals surface area (Å²) in [4.78, 5) is 11.9. The normalized spacial score (nSPS) is 12.7. The number of nitrogens with one attached hydrogen (secondary N) is 2. The molecule has 6 nitrogen and oxygen atoms in total. The summed E-state index contributed by atoms with van der Waals surface area (Å²) >= 11 is 0. The monoisotopic (exact) mass is 342 g/mol. The number of urea groups is 1. The molecule has 0 aliphatic rings. The lowest BCUT2D eigenvalue weighted by atomic mass is 10.1. The zero-order chi connectivity index (χ0) is 17.7. The Kier molecular flexibility index (Phi) is 5.45. The molecule has 24 heavy (non-hydrogen) atoms. The second-order valence-electron chi connectivity index (χ2n) is 5.15. The Balaban J connectivity index is 1.99. The van der Waals surface area contributed by atoms with Crippen LogP contribution in [0.15, 0.2) is 36.5 Å². The van der Waals surface area contributed by atoms with Crippen molar-refractivity contribution in [2.24, 2.45) is 7.05 Å². The third kappa shape index (κ3) is 4.48. The molecule has 0 aliphatic heterocycles. The lowest BCUT2D eigenvalue weighted by Gasteiger charge is -2.17. The van der Waals surface area contributed by atoms with Crippen LogP contribution in [-0.4, -0.2) is 27.5 Å². The number of aliphatic hydroxyl groups excluding tert-OH is 1. The Morgan fingerprint density at radius 3 is 2.58 bits per heavy atom. The van der Waals surface area contributed by atoms with E-state index in [9.17, 15) is 23.1 Å². The molecule has 0 unspecified atom stereocenters. The topological polar surface area (TPSA) is 79.2 Å². The minimum atomic E-state index is -4.59. The summed E-state index contributed by atoms with van der Waals surface area (Å²) in [7, 11) is 1.37. The number of carbonyl (C=O) groups is 1. The molecule has 2 aromatic rings. The molecule has 1 atom stereocenters. The number of halogens is 3. The first-order valence-electron chi connectivity index (χ1n) is 7.11. The molecule has 0 bridgehead atoms. The third-order valence-corrected chi connectivity index (χ3v) is 3.30. The zero-order valence-electron chi connectivity index (χ0n) is 12.8. The maximum absolute atomic E-state index is 12.8. The Morgan fingerprint density at radius 2 is 2.00 bits per heavy atom. The summed E-state index contributed by atoms with van der Waals surface area (Å²) in [6.07, 6.45) is -3.39. The van der Waals surface area contributed by atoms with E-state index in [0.29, 0.717) is 5.56 Å². The summed E-state index contributed by atoms with van der Waals surface area (Å²) in [6, 6.07) is 7.41. The molecule has 0 aliphatic carbocycles. The van der Waals surface area contributed by atoms with Crippen LogP contribution in [0.4, 0.5) is 18.0 Å². The van der Waals surface area contributed by atoms with Crippen molar-refractivity contribution in [3.8, 4) is 0 Å². The van der Waals surface area contributed by atoms with Gasteiger partial charge in [-0.2, -0.15) is 18.3 Å². The van der Waals surface area contributed by atoms with Crippen LogP contribution in [0, 0.1) is 0 Å². The minimum Gasteiger partial charge on any atom is -0.394 e. The number of aromatic nitrogens is 2. The fourth-order valence-corrected chi connectivity index (χ4v) is 2.21. The van der Waals surface area contributed by atoms with Crippen LogP contribution < -0.4 is 10.6 Å². The highest BCUT2D eigenvalue weighted by Gasteiger charge is 2.36. The molecule has 1 aromatic carbocycles. The molecule has 0 saturated carbocycles. The second kappa shape index (κ2) is 7.35. The molecule has 0 fully saturated rings. The van der Waals surface area contributed by atoms with Gasteiger partial charge in [-0.05, 0) is 5.56 Å². The van der Waals surface area contributed by atoms with E-state index in [1.807, 2.05) is 0 Å². The third-order valence-electron chi connectivity index (χ3n) is 3.30. The fraction of sp³-hybridized carbons (Fsp3) is 0.333. The Hall–Kier alpha value is -2.55. The van der Waals surface area contributed by atoms with Gasteiger partial charge in [0, 0.05) is 25.4 Å². The van der Waals surface area contributed by atoms with Crippen molar-refractivity contribution in [2.75, 3.05) is 6.61 Å². The lowest BCUT2D eigenvalue weighted by molar-refractivity contribution is -0.142. The van der Waals surface area contributed by atoms with Crippen molar-refractivity contribution in [3.63, 3.8) is 0 Å². The van der Waals surface area contributed by atoms with Crippen molar-refractivity contribution in [2.45, 2.75) is 18.8 Å². The molecular formula is C15H17F3N4O2. The maximum atomic E-state index is 12.8. The summed E-state index contributed by atoms with van der Waals surface area (Å²) in [5.41, 5.74) is -0.486. The average molecular weight is 342 g/mol. The summed E-state index contributed by atoms with van der Waals surface area (Å²) < 4.78 is 39.5. The zero-order valence-corrected chi connectivity index (χ0v) is 12.8. The number of alkyl halides is 3. The SMILES string of the molecule is Cn1cc(CNC(=O)N[C@H](CO)c2ccccc2)c(C(F)(F)F)n1. The van der Waals surface area contributed by atoms with Gasteiger partial charge in [0.25, 0.3) is 0 Å². The van der Waals surface area contributed by atoms with E-state index in [2.05, 4.69) is 15.7 Å². The molecule has 0 spiro atoms. The Bertz CT molecular complexity index is 686. The average Bonchev–Trinajstić information content (AvgIpc) is 2.92. The Morgan fingerprint density at radius 1 is 1.33 bits per heavy atom. The van der Waals surface area contributed by atoms with Gasteiger partial charge >= 0.3 is 12.2 Å². The van der Waals surface area contributed by atoms with E-state index in [0.717, 1.165) is 4.68 Å². The van der Waals surface area contributed by atoms with Crippen molar-refractivity contribution in [1.29, 1.82) is 0 Å². The first-order chi connectivity index (χ1) is 11.3. The predicted molar refractivity (Wildman–Crippen MR) is 79.9 cm³/mol. The van der Waals surface area contributed by atoms with Gasteiger partial charge in [-0.15, -0.1) is 0 Å². The summed E-state index contributed by atoms with van der Waals surface area (Å²) in [5.74, 6) is 0. The number of amides is 2. The van der Waals surface area contributed by atoms with Crippen molar-refractivity contribution in [3.05, 3.63) is 53.3 Å². The molecule has 3 N–H and O–H groups in total. The van der Waals surface area contributed by atoms with Crippen LogP contribution in [0.5, 0.6) is 0 Å². The minimum absolute atomic E-state index is 0.139. The molecule has 2 rings (SSSR count). The van der Waals surface area contributed by atoms with E-state index in [-0.39, 0.29) is 18.7 Å². The molecular weight excluding hydrogens is 325 g/mol. The Labute approximate surface area is 136 Å². The highest BCUT2D eigenvalue weighted by molar-refractivity contribution is 5.74. The number of hydrogen-bond donors (Lipinski definition) is 3. The lowest BCUT2D eigenvalue weighted by Crippen LogP contribution is -2.39. The standard InChI is InChI=1S/C15H17F3N4O2/c1-22-8-11(13(21-22)15(16,17)18)7-19-14(24)20-12(9-23)10-5-3-2-4-6-10/h2-6,8,12,23H,7,9H2,1H3,(H2,19,20,24)/t12-/m1/s1. The quantitative estimate of drug-likeness (QED) is 0.777. The van der Waals surface area contributed by atoms with E-state index >= 15 is 0 Å². The van der Waals surface area contributed by atoms with Crippen LogP contribution >= 0.6 is 0 Å². The van der Waals surface area contributed by atoms with E-state index in [1.54, 1.807) is 30.3 Å². The summed E-state index contributed by atoms with van der Waals surface area (Å²) in [6.45, 7) is -0.667. The van der Waals surface area contributed by atoms with Crippen LogP contribution in [-0.2, 0) is 19.8 Å². The molecule has 2 amide bonds. The van der Waals surface area contributed by atoms with Gasteiger partial charge in [-0.25, -0.2) is 4.79 Å². The number of aryl methyl sites for hydroxylation is 1. The first kappa shape index (κ1) is 17.8. The van der Waals surface area contributed by atoms with Gasteiger partial charge in [0.05, 0.1) is 12.6 Å².